The van der Waals surface area contributed by atoms with E-state index in [4.69, 9.17) is 11.6 Å². The van der Waals surface area contributed by atoms with E-state index in [9.17, 15) is 27.9 Å². The molecule has 1 aliphatic heterocycles. The molecule has 1 aromatic rings. The van der Waals surface area contributed by atoms with Gasteiger partial charge in [0.2, 0.25) is 0 Å². The van der Waals surface area contributed by atoms with Gasteiger partial charge in [-0.1, -0.05) is 44.5 Å². The number of aryl methyl sites for hydroxylation is 1. The average molecular weight is 525 g/mol. The number of carbonyl (C=O) groups excluding carboxylic acids is 1. The van der Waals surface area contributed by atoms with Crippen LogP contribution in [0.15, 0.2) is 30.0 Å². The van der Waals surface area contributed by atoms with Gasteiger partial charge in [-0.2, -0.15) is 13.2 Å². The number of carboxylic acid groups (broad SMARTS) is 1. The SMILES string of the molecule is CC(C)(C)CCc1ccc(C23CCC(C(F)(F)F)CC2=CN(C24CC(C(=O)O)(C2)C4)C(=O)N3)cc1Cl. The second-order valence-corrected chi connectivity index (χ2v) is 13.0. The minimum absolute atomic E-state index is 0.0994. The number of rotatable bonds is 5. The van der Waals surface area contributed by atoms with E-state index in [0.717, 1.165) is 18.4 Å². The standard InChI is InChI=1S/C27H32ClF3N2O3/c1-23(2,3)8-6-16-4-5-17(11-20(16)28)26-9-7-18(27(29,30)31)10-19(26)12-33(22(36)32-26)25-13-24(14-25,15-25)21(34)35/h4-5,11-12,18H,6-10,13-15H2,1-3H3,(H,32,36)(H,34,35). The predicted octanol–water partition coefficient (Wildman–Crippen LogP) is 6.79. The van der Waals surface area contributed by atoms with Crippen LogP contribution in [0.5, 0.6) is 0 Å². The number of amides is 2. The van der Waals surface area contributed by atoms with Gasteiger partial charge in [-0.05, 0) is 79.5 Å². The van der Waals surface area contributed by atoms with Crippen molar-refractivity contribution in [1.82, 2.24) is 10.2 Å². The zero-order chi connectivity index (χ0) is 26.3. The van der Waals surface area contributed by atoms with Crippen LogP contribution in [0.25, 0.3) is 0 Å². The summed E-state index contributed by atoms with van der Waals surface area (Å²) >= 11 is 6.65. The lowest BCUT2D eigenvalue weighted by Crippen LogP contribution is -2.78. The molecule has 1 aromatic carbocycles. The number of urea groups is 1. The van der Waals surface area contributed by atoms with E-state index in [0.29, 0.717) is 35.4 Å². The second kappa shape index (κ2) is 7.89. The van der Waals surface area contributed by atoms with Crippen LogP contribution in [0, 0.1) is 16.7 Å². The average Bonchev–Trinajstić information content (AvgIpc) is 2.69. The molecule has 5 nitrogen and oxygen atoms in total. The summed E-state index contributed by atoms with van der Waals surface area (Å²) in [5, 5.41) is 13.1. The highest BCUT2D eigenvalue weighted by atomic mass is 35.5. The lowest BCUT2D eigenvalue weighted by atomic mass is 9.38. The summed E-state index contributed by atoms with van der Waals surface area (Å²) in [5.74, 6) is -2.37. The van der Waals surface area contributed by atoms with Crippen LogP contribution in [-0.4, -0.2) is 33.7 Å². The number of carboxylic acids is 1. The van der Waals surface area contributed by atoms with Crippen LogP contribution in [0.2, 0.25) is 5.02 Å². The summed E-state index contributed by atoms with van der Waals surface area (Å²) in [4.78, 5) is 26.4. The van der Waals surface area contributed by atoms with Crippen LogP contribution < -0.4 is 5.32 Å². The molecule has 6 rings (SSSR count). The Morgan fingerprint density at radius 2 is 1.89 bits per heavy atom. The summed E-state index contributed by atoms with van der Waals surface area (Å²) < 4.78 is 41.2. The Morgan fingerprint density at radius 3 is 2.44 bits per heavy atom. The molecule has 0 spiro atoms. The maximum atomic E-state index is 13.7. The smallest absolute Gasteiger partial charge is 0.392 e. The Morgan fingerprint density at radius 1 is 1.22 bits per heavy atom. The molecule has 9 heteroatoms. The molecule has 4 aliphatic carbocycles. The molecule has 2 unspecified atom stereocenters. The Kier molecular flexibility index (Phi) is 5.57. The van der Waals surface area contributed by atoms with Gasteiger partial charge >= 0.3 is 18.2 Å². The van der Waals surface area contributed by atoms with Gasteiger partial charge in [0, 0.05) is 11.2 Å². The largest absolute Gasteiger partial charge is 0.481 e. The molecule has 1 heterocycles. The zero-order valence-corrected chi connectivity index (χ0v) is 21.5. The molecule has 0 saturated heterocycles. The number of alkyl halides is 3. The number of halogens is 4. The van der Waals surface area contributed by atoms with Gasteiger partial charge < -0.3 is 10.4 Å². The summed E-state index contributed by atoms with van der Waals surface area (Å²) in [7, 11) is 0. The molecule has 0 aromatic heterocycles. The van der Waals surface area contributed by atoms with Crippen molar-refractivity contribution in [2.75, 3.05) is 0 Å². The molecule has 2 atom stereocenters. The van der Waals surface area contributed by atoms with E-state index in [-0.39, 0.29) is 24.7 Å². The van der Waals surface area contributed by atoms with E-state index in [1.54, 1.807) is 12.3 Å². The Balaban J connectivity index is 1.49. The van der Waals surface area contributed by atoms with E-state index in [1.807, 2.05) is 12.1 Å². The first-order valence-electron chi connectivity index (χ1n) is 12.5. The molecule has 0 radical (unpaired) electrons. The summed E-state index contributed by atoms with van der Waals surface area (Å²) in [6.07, 6.45) is -0.248. The van der Waals surface area contributed by atoms with Gasteiger partial charge in [0.1, 0.15) is 0 Å². The van der Waals surface area contributed by atoms with E-state index < -0.39 is 40.6 Å². The maximum absolute atomic E-state index is 13.7. The van der Waals surface area contributed by atoms with Crippen LogP contribution in [0.1, 0.15) is 76.8 Å². The number of nitrogens with zero attached hydrogens (tertiary/aromatic N) is 1. The third kappa shape index (κ3) is 3.91. The van der Waals surface area contributed by atoms with Crippen molar-refractivity contribution >= 4 is 23.6 Å². The van der Waals surface area contributed by atoms with Crippen molar-refractivity contribution in [3.8, 4) is 0 Å². The quantitative estimate of drug-likeness (QED) is 0.445. The number of hydrogen-bond donors (Lipinski definition) is 2. The molecule has 2 bridgehead atoms. The molecule has 196 valence electrons. The molecule has 5 aliphatic rings. The van der Waals surface area contributed by atoms with E-state index in [1.165, 1.54) is 4.90 Å². The summed E-state index contributed by atoms with van der Waals surface area (Å²) in [6, 6.07) is 5.19. The minimum Gasteiger partial charge on any atom is -0.481 e. The van der Waals surface area contributed by atoms with Crippen molar-refractivity contribution in [2.24, 2.45) is 16.7 Å². The fraction of sp³-hybridized carbons (Fsp3) is 0.630. The molecule has 36 heavy (non-hydrogen) atoms. The Hall–Kier alpha value is -2.22. The summed E-state index contributed by atoms with van der Waals surface area (Å²) in [6.45, 7) is 6.45. The maximum Gasteiger partial charge on any atom is 0.392 e. The van der Waals surface area contributed by atoms with Crippen molar-refractivity contribution in [1.29, 1.82) is 0 Å². The third-order valence-corrected chi connectivity index (χ3v) is 9.18. The van der Waals surface area contributed by atoms with Crippen molar-refractivity contribution < 1.29 is 27.9 Å². The van der Waals surface area contributed by atoms with Gasteiger partial charge in [0.15, 0.2) is 0 Å². The van der Waals surface area contributed by atoms with Crippen LogP contribution in [0.3, 0.4) is 0 Å². The highest BCUT2D eigenvalue weighted by molar-refractivity contribution is 6.31. The lowest BCUT2D eigenvalue weighted by molar-refractivity contribution is -0.216. The number of hydrogen-bond acceptors (Lipinski definition) is 2. The number of fused-ring (bicyclic) bond motifs is 1. The zero-order valence-electron chi connectivity index (χ0n) is 20.8. The van der Waals surface area contributed by atoms with Crippen molar-refractivity contribution in [2.45, 2.75) is 89.4 Å². The molecule has 4 fully saturated rings. The fourth-order valence-corrected chi connectivity index (χ4v) is 6.91. The first-order chi connectivity index (χ1) is 16.6. The normalized spacial score (nSPS) is 33.6. The number of nitrogens with one attached hydrogen (secondary N) is 1. The van der Waals surface area contributed by atoms with Gasteiger partial charge in [0.05, 0.1) is 22.4 Å². The highest BCUT2D eigenvalue weighted by Gasteiger charge is 2.75. The number of aliphatic carboxylic acids is 1. The van der Waals surface area contributed by atoms with Crippen LogP contribution >= 0.6 is 11.6 Å². The Labute approximate surface area is 214 Å². The third-order valence-electron chi connectivity index (χ3n) is 8.83. The Bertz CT molecular complexity index is 1140. The van der Waals surface area contributed by atoms with Gasteiger partial charge in [-0.15, -0.1) is 0 Å². The molecular formula is C27H32ClF3N2O3. The first kappa shape index (κ1) is 25.4. The topological polar surface area (TPSA) is 69.6 Å². The van der Waals surface area contributed by atoms with Gasteiger partial charge in [-0.25, -0.2) is 4.79 Å². The van der Waals surface area contributed by atoms with Crippen LogP contribution in [-0.2, 0) is 16.8 Å². The van der Waals surface area contributed by atoms with Crippen molar-refractivity contribution in [3.05, 3.63) is 46.1 Å². The second-order valence-electron chi connectivity index (χ2n) is 12.5. The van der Waals surface area contributed by atoms with Gasteiger partial charge in [-0.3, -0.25) is 9.69 Å². The van der Waals surface area contributed by atoms with E-state index in [2.05, 4.69) is 26.1 Å². The van der Waals surface area contributed by atoms with Crippen molar-refractivity contribution in [3.63, 3.8) is 0 Å². The minimum atomic E-state index is -4.34. The molecular weight excluding hydrogens is 493 g/mol. The predicted molar refractivity (Wildman–Crippen MR) is 129 cm³/mol. The molecule has 4 saturated carbocycles. The molecule has 2 amide bonds. The lowest BCUT2D eigenvalue weighted by Gasteiger charge is -2.71. The van der Waals surface area contributed by atoms with Gasteiger partial charge in [0.25, 0.3) is 0 Å². The molecule has 2 N–H and O–H groups in total. The highest BCUT2D eigenvalue weighted by Crippen LogP contribution is 2.70. The van der Waals surface area contributed by atoms with E-state index >= 15 is 0 Å². The summed E-state index contributed by atoms with van der Waals surface area (Å²) in [5.41, 5.74) is -0.192. The number of carbonyl (C=O) groups is 2. The first-order valence-corrected chi connectivity index (χ1v) is 12.9. The fourth-order valence-electron chi connectivity index (χ4n) is 6.63. The monoisotopic (exact) mass is 524 g/mol. The number of benzene rings is 1. The van der Waals surface area contributed by atoms with Crippen LogP contribution in [0.4, 0.5) is 18.0 Å².